The molecule has 5 nitrogen and oxygen atoms in total. The minimum absolute atomic E-state index is 0.0295. The lowest BCUT2D eigenvalue weighted by molar-refractivity contribution is -0.115. The normalized spacial score (nSPS) is 13.6. The molecule has 2 aromatic carbocycles. The first-order chi connectivity index (χ1) is 12.7. The second kappa shape index (κ2) is 7.14. The number of hydrogen-bond acceptors (Lipinski definition) is 3. The van der Waals surface area contributed by atoms with Gasteiger partial charge in [0.05, 0.1) is 13.0 Å². The SMILES string of the molecule is O=C(Cc1ccc(-c2cccc(CO)c2)cc1)Nc1cc(C2CC2)[nH]n1. The van der Waals surface area contributed by atoms with E-state index in [1.165, 1.54) is 12.8 Å². The Kier molecular flexibility index (Phi) is 4.54. The van der Waals surface area contributed by atoms with Crippen LogP contribution in [0.25, 0.3) is 11.1 Å². The van der Waals surface area contributed by atoms with Gasteiger partial charge in [-0.1, -0.05) is 42.5 Å². The molecule has 1 aliphatic carbocycles. The molecule has 1 heterocycles. The van der Waals surface area contributed by atoms with Gasteiger partial charge in [0.1, 0.15) is 0 Å². The van der Waals surface area contributed by atoms with Crippen LogP contribution in [0.1, 0.15) is 35.6 Å². The number of hydrogen-bond donors (Lipinski definition) is 3. The molecule has 0 unspecified atom stereocenters. The van der Waals surface area contributed by atoms with E-state index < -0.39 is 0 Å². The van der Waals surface area contributed by atoms with Crippen LogP contribution in [-0.4, -0.2) is 21.2 Å². The van der Waals surface area contributed by atoms with Crippen LogP contribution in [0.2, 0.25) is 0 Å². The van der Waals surface area contributed by atoms with Gasteiger partial charge in [-0.3, -0.25) is 9.89 Å². The largest absolute Gasteiger partial charge is 0.392 e. The maximum atomic E-state index is 12.2. The van der Waals surface area contributed by atoms with E-state index in [9.17, 15) is 9.90 Å². The molecule has 1 aromatic heterocycles. The van der Waals surface area contributed by atoms with E-state index in [0.29, 0.717) is 18.2 Å². The third kappa shape index (κ3) is 3.83. The predicted octanol–water partition coefficient (Wildman–Crippen LogP) is 3.63. The quantitative estimate of drug-likeness (QED) is 0.637. The molecule has 0 saturated heterocycles. The number of rotatable bonds is 6. The van der Waals surface area contributed by atoms with Gasteiger partial charge in [0.15, 0.2) is 5.82 Å². The van der Waals surface area contributed by atoms with Crippen molar-refractivity contribution in [2.45, 2.75) is 31.8 Å². The lowest BCUT2D eigenvalue weighted by Gasteiger charge is -2.06. The average molecular weight is 347 g/mol. The fraction of sp³-hybridized carbons (Fsp3) is 0.238. The highest BCUT2D eigenvalue weighted by molar-refractivity contribution is 5.91. The van der Waals surface area contributed by atoms with Gasteiger partial charge >= 0.3 is 0 Å². The van der Waals surface area contributed by atoms with Crippen molar-refractivity contribution in [3.63, 3.8) is 0 Å². The Labute approximate surface area is 152 Å². The van der Waals surface area contributed by atoms with Crippen LogP contribution in [0, 0.1) is 0 Å². The molecule has 132 valence electrons. The van der Waals surface area contributed by atoms with E-state index in [4.69, 9.17) is 0 Å². The number of carbonyl (C=O) groups is 1. The lowest BCUT2D eigenvalue weighted by Crippen LogP contribution is -2.14. The molecule has 0 radical (unpaired) electrons. The molecule has 5 heteroatoms. The van der Waals surface area contributed by atoms with Crippen LogP contribution in [0.5, 0.6) is 0 Å². The van der Waals surface area contributed by atoms with Gasteiger partial charge < -0.3 is 10.4 Å². The predicted molar refractivity (Wildman–Crippen MR) is 101 cm³/mol. The summed E-state index contributed by atoms with van der Waals surface area (Å²) in [5, 5.41) is 19.2. The highest BCUT2D eigenvalue weighted by Crippen LogP contribution is 2.39. The monoisotopic (exact) mass is 347 g/mol. The fourth-order valence-electron chi connectivity index (χ4n) is 3.04. The first kappa shape index (κ1) is 16.5. The molecule has 3 aromatic rings. The Morgan fingerprint density at radius 3 is 2.62 bits per heavy atom. The molecule has 0 spiro atoms. The maximum Gasteiger partial charge on any atom is 0.229 e. The number of aliphatic hydroxyl groups excluding tert-OH is 1. The van der Waals surface area contributed by atoms with Crippen molar-refractivity contribution in [2.75, 3.05) is 5.32 Å². The van der Waals surface area contributed by atoms with Gasteiger partial charge in [-0.2, -0.15) is 5.10 Å². The Morgan fingerprint density at radius 1 is 1.08 bits per heavy atom. The van der Waals surface area contributed by atoms with Gasteiger partial charge in [0, 0.05) is 17.7 Å². The molecule has 4 rings (SSSR count). The highest BCUT2D eigenvalue weighted by atomic mass is 16.3. The first-order valence-corrected chi connectivity index (χ1v) is 8.85. The number of aromatic nitrogens is 2. The van der Waals surface area contributed by atoms with Crippen LogP contribution < -0.4 is 5.32 Å². The van der Waals surface area contributed by atoms with E-state index in [2.05, 4.69) is 15.5 Å². The molecule has 3 N–H and O–H groups in total. The van der Waals surface area contributed by atoms with Gasteiger partial charge in [0.25, 0.3) is 0 Å². The molecule has 1 aliphatic rings. The molecular weight excluding hydrogens is 326 g/mol. The number of anilines is 1. The maximum absolute atomic E-state index is 12.2. The zero-order chi connectivity index (χ0) is 17.9. The number of amides is 1. The topological polar surface area (TPSA) is 78.0 Å². The van der Waals surface area contributed by atoms with Crippen molar-refractivity contribution < 1.29 is 9.90 Å². The zero-order valence-electron chi connectivity index (χ0n) is 14.4. The number of carbonyl (C=O) groups excluding carboxylic acids is 1. The lowest BCUT2D eigenvalue weighted by atomic mass is 10.0. The van der Waals surface area contributed by atoms with Crippen molar-refractivity contribution in [1.82, 2.24) is 10.2 Å². The van der Waals surface area contributed by atoms with Crippen molar-refractivity contribution in [1.29, 1.82) is 0 Å². The van der Waals surface area contributed by atoms with Gasteiger partial charge in [-0.05, 0) is 41.2 Å². The molecular formula is C21H21N3O2. The Balaban J connectivity index is 1.39. The van der Waals surface area contributed by atoms with E-state index in [0.717, 1.165) is 27.9 Å². The summed E-state index contributed by atoms with van der Waals surface area (Å²) in [4.78, 5) is 12.2. The summed E-state index contributed by atoms with van der Waals surface area (Å²) >= 11 is 0. The molecule has 1 fully saturated rings. The number of aromatic amines is 1. The summed E-state index contributed by atoms with van der Waals surface area (Å²) in [6.07, 6.45) is 2.70. The summed E-state index contributed by atoms with van der Waals surface area (Å²) in [6.45, 7) is 0.0295. The van der Waals surface area contributed by atoms with Crippen molar-refractivity contribution in [3.05, 3.63) is 71.4 Å². The van der Waals surface area contributed by atoms with E-state index in [1.54, 1.807) is 0 Å². The molecule has 1 saturated carbocycles. The van der Waals surface area contributed by atoms with Crippen LogP contribution in [0.15, 0.2) is 54.6 Å². The number of nitrogens with zero attached hydrogens (tertiary/aromatic N) is 1. The van der Waals surface area contributed by atoms with Crippen molar-refractivity contribution in [2.24, 2.45) is 0 Å². The smallest absolute Gasteiger partial charge is 0.229 e. The van der Waals surface area contributed by atoms with Crippen LogP contribution in [0.4, 0.5) is 5.82 Å². The second-order valence-electron chi connectivity index (χ2n) is 6.76. The minimum atomic E-state index is -0.0751. The van der Waals surface area contributed by atoms with Crippen LogP contribution in [0.3, 0.4) is 0 Å². The molecule has 26 heavy (non-hydrogen) atoms. The van der Waals surface area contributed by atoms with Gasteiger partial charge in [0.2, 0.25) is 5.91 Å². The van der Waals surface area contributed by atoms with Gasteiger partial charge in [-0.15, -0.1) is 0 Å². The number of H-pyrrole nitrogens is 1. The molecule has 0 atom stereocenters. The zero-order valence-corrected chi connectivity index (χ0v) is 14.4. The minimum Gasteiger partial charge on any atom is -0.392 e. The summed E-state index contributed by atoms with van der Waals surface area (Å²) in [7, 11) is 0. The fourth-order valence-corrected chi connectivity index (χ4v) is 3.04. The van der Waals surface area contributed by atoms with E-state index >= 15 is 0 Å². The summed E-state index contributed by atoms with van der Waals surface area (Å²) in [5.74, 6) is 1.10. The van der Waals surface area contributed by atoms with E-state index in [-0.39, 0.29) is 12.5 Å². The summed E-state index contributed by atoms with van der Waals surface area (Å²) in [6, 6.07) is 17.6. The average Bonchev–Trinajstić information content (AvgIpc) is 3.42. The Hall–Kier alpha value is -2.92. The number of aliphatic hydroxyl groups is 1. The van der Waals surface area contributed by atoms with Crippen molar-refractivity contribution in [3.8, 4) is 11.1 Å². The molecule has 0 aliphatic heterocycles. The van der Waals surface area contributed by atoms with E-state index in [1.807, 2.05) is 54.6 Å². The number of nitrogens with one attached hydrogen (secondary N) is 2. The number of benzene rings is 2. The Morgan fingerprint density at radius 2 is 1.88 bits per heavy atom. The molecule has 1 amide bonds. The van der Waals surface area contributed by atoms with Crippen molar-refractivity contribution >= 4 is 11.7 Å². The molecule has 0 bridgehead atoms. The standard InChI is InChI=1S/C21H21N3O2/c25-13-15-2-1-3-18(10-15)16-6-4-14(5-7-16)11-21(26)22-20-12-19(23-24-20)17-8-9-17/h1-7,10,12,17,25H,8-9,11,13H2,(H2,22,23,24,26). The Bertz CT molecular complexity index is 911. The second-order valence-corrected chi connectivity index (χ2v) is 6.76. The third-order valence-electron chi connectivity index (χ3n) is 4.64. The first-order valence-electron chi connectivity index (χ1n) is 8.85. The summed E-state index contributed by atoms with van der Waals surface area (Å²) in [5.41, 5.74) is 5.05. The van der Waals surface area contributed by atoms with Gasteiger partial charge in [-0.25, -0.2) is 0 Å². The summed E-state index contributed by atoms with van der Waals surface area (Å²) < 4.78 is 0. The third-order valence-corrected chi connectivity index (χ3v) is 4.64. The highest BCUT2D eigenvalue weighted by Gasteiger charge is 2.25. The van der Waals surface area contributed by atoms with Crippen LogP contribution in [-0.2, 0) is 17.8 Å². The van der Waals surface area contributed by atoms with Crippen LogP contribution >= 0.6 is 0 Å².